The van der Waals surface area contributed by atoms with Crippen LogP contribution in [0.1, 0.15) is 22.3 Å². The van der Waals surface area contributed by atoms with E-state index in [0.717, 1.165) is 18.5 Å². The molecule has 2 heterocycles. The van der Waals surface area contributed by atoms with Crippen molar-refractivity contribution in [2.75, 3.05) is 7.11 Å². The number of carbonyl (C=O) groups excluding carboxylic acids is 2. The Hall–Kier alpha value is -2.17. The first kappa shape index (κ1) is 11.9. The Morgan fingerprint density at radius 3 is 2.89 bits per heavy atom. The topological polar surface area (TPSA) is 48.3 Å². The highest BCUT2D eigenvalue weighted by atomic mass is 19.1. The van der Waals surface area contributed by atoms with Crippen molar-refractivity contribution in [3.63, 3.8) is 0 Å². The van der Waals surface area contributed by atoms with Gasteiger partial charge in [-0.3, -0.25) is 4.79 Å². The van der Waals surface area contributed by atoms with Gasteiger partial charge in [-0.1, -0.05) is 0 Å². The first-order valence-corrected chi connectivity index (χ1v) is 6.06. The number of Topliss-reactive ketones (excluding diaryl/α,β-unsaturated/α-hetero) is 1. The van der Waals surface area contributed by atoms with E-state index in [4.69, 9.17) is 0 Å². The van der Waals surface area contributed by atoms with Crippen LogP contribution in [-0.4, -0.2) is 23.4 Å². The van der Waals surface area contributed by atoms with Crippen molar-refractivity contribution in [2.24, 2.45) is 0 Å². The summed E-state index contributed by atoms with van der Waals surface area (Å²) in [7, 11) is 1.17. The van der Waals surface area contributed by atoms with E-state index in [2.05, 4.69) is 4.74 Å². The van der Waals surface area contributed by atoms with Gasteiger partial charge in [-0.15, -0.1) is 0 Å². The van der Waals surface area contributed by atoms with Crippen LogP contribution in [0.4, 0.5) is 4.39 Å². The molecule has 1 aromatic carbocycles. The zero-order valence-corrected chi connectivity index (χ0v) is 10.4. The molecule has 98 valence electrons. The van der Waals surface area contributed by atoms with Crippen molar-refractivity contribution in [3.05, 3.63) is 35.3 Å². The molecule has 0 saturated carbocycles. The van der Waals surface area contributed by atoms with Gasteiger partial charge in [-0.05, 0) is 25.0 Å². The molecule has 0 amide bonds. The van der Waals surface area contributed by atoms with Gasteiger partial charge < -0.3 is 9.30 Å². The largest absolute Gasteiger partial charge is 0.463 e. The molecule has 2 aromatic rings. The van der Waals surface area contributed by atoms with Crippen LogP contribution in [0.5, 0.6) is 0 Å². The van der Waals surface area contributed by atoms with Crippen molar-refractivity contribution < 1.29 is 18.7 Å². The SMILES string of the molecule is COC(=O)C(=O)c1cn2c3c(c(F)ccc13)CCC2. The van der Waals surface area contributed by atoms with Gasteiger partial charge >= 0.3 is 5.97 Å². The number of rotatable bonds is 2. The third kappa shape index (κ3) is 1.65. The van der Waals surface area contributed by atoms with E-state index in [0.29, 0.717) is 17.4 Å². The average molecular weight is 261 g/mol. The third-order valence-corrected chi connectivity index (χ3v) is 3.53. The van der Waals surface area contributed by atoms with Gasteiger partial charge in [-0.25, -0.2) is 9.18 Å². The summed E-state index contributed by atoms with van der Waals surface area (Å²) < 4.78 is 20.1. The van der Waals surface area contributed by atoms with Gasteiger partial charge in [0.1, 0.15) is 5.82 Å². The van der Waals surface area contributed by atoms with Crippen molar-refractivity contribution >= 4 is 22.7 Å². The lowest BCUT2D eigenvalue weighted by atomic mass is 10.0. The van der Waals surface area contributed by atoms with Gasteiger partial charge in [0.05, 0.1) is 18.2 Å². The molecule has 0 saturated heterocycles. The van der Waals surface area contributed by atoms with E-state index in [1.807, 2.05) is 4.57 Å². The molecular formula is C14H12FNO3. The van der Waals surface area contributed by atoms with Crippen LogP contribution in [0.15, 0.2) is 18.3 Å². The number of ether oxygens (including phenoxy) is 1. The Bertz CT molecular complexity index is 702. The van der Waals surface area contributed by atoms with E-state index in [9.17, 15) is 14.0 Å². The summed E-state index contributed by atoms with van der Waals surface area (Å²) >= 11 is 0. The molecule has 0 radical (unpaired) electrons. The zero-order valence-electron chi connectivity index (χ0n) is 10.4. The smallest absolute Gasteiger partial charge is 0.379 e. The monoisotopic (exact) mass is 261 g/mol. The standard InChI is InChI=1S/C14H12FNO3/c1-19-14(18)13(17)10-7-16-6-2-3-9-11(15)5-4-8(10)12(9)16/h4-5,7H,2-3,6H2,1H3. The third-order valence-electron chi connectivity index (χ3n) is 3.53. The number of carbonyl (C=O) groups is 2. The highest BCUT2D eigenvalue weighted by Gasteiger charge is 2.25. The van der Waals surface area contributed by atoms with Crippen LogP contribution in [0.3, 0.4) is 0 Å². The van der Waals surface area contributed by atoms with Crippen molar-refractivity contribution in [2.45, 2.75) is 19.4 Å². The van der Waals surface area contributed by atoms with E-state index in [1.165, 1.54) is 13.2 Å². The van der Waals surface area contributed by atoms with Crippen molar-refractivity contribution in [1.82, 2.24) is 4.57 Å². The number of nitrogens with zero attached hydrogens (tertiary/aromatic N) is 1. The quantitative estimate of drug-likeness (QED) is 0.472. The molecule has 19 heavy (non-hydrogen) atoms. The Morgan fingerprint density at radius 1 is 1.37 bits per heavy atom. The summed E-state index contributed by atoms with van der Waals surface area (Å²) in [5.74, 6) is -1.85. The minimum absolute atomic E-state index is 0.261. The lowest BCUT2D eigenvalue weighted by Gasteiger charge is -2.15. The zero-order chi connectivity index (χ0) is 13.6. The highest BCUT2D eigenvalue weighted by Crippen LogP contribution is 2.31. The van der Waals surface area contributed by atoms with E-state index in [1.54, 1.807) is 12.3 Å². The second-order valence-corrected chi connectivity index (χ2v) is 4.58. The Kier molecular flexibility index (Phi) is 2.62. The molecule has 0 fully saturated rings. The lowest BCUT2D eigenvalue weighted by molar-refractivity contribution is -0.135. The predicted octanol–water partition coefficient (Wildman–Crippen LogP) is 2.08. The van der Waals surface area contributed by atoms with Gasteiger partial charge in [-0.2, -0.15) is 0 Å². The molecule has 0 bridgehead atoms. The molecule has 3 rings (SSSR count). The number of esters is 1. The van der Waals surface area contributed by atoms with E-state index >= 15 is 0 Å². The van der Waals surface area contributed by atoms with Crippen molar-refractivity contribution in [3.8, 4) is 0 Å². The Labute approximate surface area is 108 Å². The van der Waals surface area contributed by atoms with Crippen LogP contribution < -0.4 is 0 Å². The van der Waals surface area contributed by atoms with Gasteiger partial charge in [0.15, 0.2) is 0 Å². The number of aromatic nitrogens is 1. The molecular weight excluding hydrogens is 249 g/mol. The second-order valence-electron chi connectivity index (χ2n) is 4.58. The Balaban J connectivity index is 2.27. The van der Waals surface area contributed by atoms with Gasteiger partial charge in [0.2, 0.25) is 0 Å². The van der Waals surface area contributed by atoms with Gasteiger partial charge in [0, 0.05) is 23.7 Å². The molecule has 0 unspecified atom stereocenters. The molecule has 0 N–H and O–H groups in total. The molecule has 0 spiro atoms. The summed E-state index contributed by atoms with van der Waals surface area (Å²) in [5.41, 5.74) is 1.62. The number of halogens is 1. The minimum Gasteiger partial charge on any atom is -0.463 e. The maximum atomic E-state index is 13.8. The van der Waals surface area contributed by atoms with Gasteiger partial charge in [0.25, 0.3) is 5.78 Å². The fourth-order valence-electron chi connectivity index (χ4n) is 2.67. The predicted molar refractivity (Wildman–Crippen MR) is 66.6 cm³/mol. The summed E-state index contributed by atoms with van der Waals surface area (Å²) in [6.45, 7) is 0.724. The molecule has 1 aliphatic rings. The summed E-state index contributed by atoms with van der Waals surface area (Å²) in [6.07, 6.45) is 3.09. The lowest BCUT2D eigenvalue weighted by Crippen LogP contribution is -2.15. The normalized spacial score (nSPS) is 13.6. The van der Waals surface area contributed by atoms with Crippen LogP contribution in [-0.2, 0) is 22.5 Å². The van der Waals surface area contributed by atoms with Crippen molar-refractivity contribution in [1.29, 1.82) is 0 Å². The number of hydrogen-bond acceptors (Lipinski definition) is 3. The Morgan fingerprint density at radius 2 is 2.16 bits per heavy atom. The average Bonchev–Trinajstić information content (AvgIpc) is 2.81. The highest BCUT2D eigenvalue weighted by molar-refractivity contribution is 6.43. The maximum absolute atomic E-state index is 13.8. The number of methoxy groups -OCH3 is 1. The van der Waals surface area contributed by atoms with E-state index in [-0.39, 0.29) is 11.4 Å². The maximum Gasteiger partial charge on any atom is 0.379 e. The summed E-state index contributed by atoms with van der Waals surface area (Å²) in [4.78, 5) is 23.3. The van der Waals surface area contributed by atoms with Crippen LogP contribution in [0.2, 0.25) is 0 Å². The van der Waals surface area contributed by atoms with Crippen LogP contribution in [0.25, 0.3) is 10.9 Å². The molecule has 4 nitrogen and oxygen atoms in total. The molecule has 0 atom stereocenters. The number of aryl methyl sites for hydroxylation is 2. The summed E-state index contributed by atoms with van der Waals surface area (Å²) in [5, 5.41) is 0.617. The molecule has 0 aliphatic carbocycles. The second kappa shape index (κ2) is 4.19. The molecule has 1 aliphatic heterocycles. The fraction of sp³-hybridized carbons (Fsp3) is 0.286. The molecule has 5 heteroatoms. The number of ketones is 1. The van der Waals surface area contributed by atoms with E-state index < -0.39 is 11.8 Å². The number of benzene rings is 1. The number of hydrogen-bond donors (Lipinski definition) is 0. The summed E-state index contributed by atoms with van der Waals surface area (Å²) in [6, 6.07) is 2.90. The van der Waals surface area contributed by atoms with Crippen LogP contribution >= 0.6 is 0 Å². The fourth-order valence-corrected chi connectivity index (χ4v) is 2.67. The first-order valence-electron chi connectivity index (χ1n) is 6.06. The van der Waals surface area contributed by atoms with Crippen LogP contribution in [0, 0.1) is 5.82 Å². The first-order chi connectivity index (χ1) is 9.13. The molecule has 1 aromatic heterocycles. The minimum atomic E-state index is -0.899.